The maximum Gasteiger partial charge on any atom is 0.147 e. The lowest BCUT2D eigenvalue weighted by atomic mass is 9.79. The van der Waals surface area contributed by atoms with E-state index >= 15 is 0 Å². The van der Waals surface area contributed by atoms with Crippen LogP contribution in [0.25, 0.3) is 0 Å². The highest BCUT2D eigenvalue weighted by atomic mass is 16.5. The first-order valence-corrected chi connectivity index (χ1v) is 6.91. The fraction of sp³-hybridized carbons (Fsp3) is 0.600. The van der Waals surface area contributed by atoms with E-state index in [2.05, 4.69) is 11.1 Å². The topological polar surface area (TPSA) is 39.2 Å². The summed E-state index contributed by atoms with van der Waals surface area (Å²) in [5.41, 5.74) is 2.29. The molecule has 0 aromatic carbocycles. The van der Waals surface area contributed by atoms with E-state index in [4.69, 9.17) is 4.74 Å². The predicted molar refractivity (Wildman–Crippen MR) is 68.5 cm³/mol. The standard InChI is InChI=1S/C15H19NO2/c17-15(12-6-3-9-18-10-12)13-7-1-4-11-5-2-8-16-14(11)13/h2,5,8,12-13H,1,3-4,6-7,9-10H2. The van der Waals surface area contributed by atoms with Crippen LogP contribution in [0.1, 0.15) is 42.9 Å². The minimum absolute atomic E-state index is 0.0154. The van der Waals surface area contributed by atoms with Crippen LogP contribution in [0.5, 0.6) is 0 Å². The molecular formula is C15H19NO2. The van der Waals surface area contributed by atoms with Crippen molar-refractivity contribution in [1.82, 2.24) is 4.98 Å². The van der Waals surface area contributed by atoms with E-state index in [9.17, 15) is 4.79 Å². The Morgan fingerprint density at radius 2 is 2.28 bits per heavy atom. The highest BCUT2D eigenvalue weighted by Crippen LogP contribution is 2.33. The van der Waals surface area contributed by atoms with Crippen molar-refractivity contribution in [3.05, 3.63) is 29.6 Å². The van der Waals surface area contributed by atoms with Gasteiger partial charge < -0.3 is 4.74 Å². The van der Waals surface area contributed by atoms with Crippen molar-refractivity contribution >= 4 is 5.78 Å². The van der Waals surface area contributed by atoms with Gasteiger partial charge in [0.05, 0.1) is 18.2 Å². The number of Topliss-reactive ketones (excluding diaryl/α,β-unsaturated/α-hetero) is 1. The smallest absolute Gasteiger partial charge is 0.147 e. The number of pyridine rings is 1. The van der Waals surface area contributed by atoms with Gasteiger partial charge in [0.1, 0.15) is 5.78 Å². The number of aryl methyl sites for hydroxylation is 1. The van der Waals surface area contributed by atoms with E-state index in [1.807, 2.05) is 12.3 Å². The molecular weight excluding hydrogens is 226 g/mol. The first kappa shape index (κ1) is 11.8. The lowest BCUT2D eigenvalue weighted by molar-refractivity contribution is -0.128. The summed E-state index contributed by atoms with van der Waals surface area (Å²) in [4.78, 5) is 17.1. The molecule has 18 heavy (non-hydrogen) atoms. The molecule has 3 heteroatoms. The van der Waals surface area contributed by atoms with Crippen LogP contribution in [0, 0.1) is 5.92 Å². The maximum absolute atomic E-state index is 12.6. The summed E-state index contributed by atoms with van der Waals surface area (Å²) >= 11 is 0. The maximum atomic E-state index is 12.6. The van der Waals surface area contributed by atoms with Gasteiger partial charge in [-0.15, -0.1) is 0 Å². The van der Waals surface area contributed by atoms with Crippen molar-refractivity contribution in [3.63, 3.8) is 0 Å². The van der Waals surface area contributed by atoms with Gasteiger partial charge >= 0.3 is 0 Å². The number of aromatic nitrogens is 1. The molecule has 1 aliphatic carbocycles. The summed E-state index contributed by atoms with van der Waals surface area (Å²) in [5.74, 6) is 0.465. The first-order valence-electron chi connectivity index (χ1n) is 6.91. The van der Waals surface area contributed by atoms with Gasteiger partial charge in [0.15, 0.2) is 0 Å². The SMILES string of the molecule is O=C(C1CCCOC1)C1CCCc2cccnc21. The lowest BCUT2D eigenvalue weighted by Crippen LogP contribution is -2.31. The summed E-state index contributed by atoms with van der Waals surface area (Å²) in [7, 11) is 0. The summed E-state index contributed by atoms with van der Waals surface area (Å²) in [6.45, 7) is 1.42. The highest BCUT2D eigenvalue weighted by Gasteiger charge is 2.33. The van der Waals surface area contributed by atoms with Crippen LogP contribution in [0.2, 0.25) is 0 Å². The zero-order valence-electron chi connectivity index (χ0n) is 10.6. The van der Waals surface area contributed by atoms with Crippen molar-refractivity contribution in [2.24, 2.45) is 5.92 Å². The molecule has 1 aliphatic heterocycles. The van der Waals surface area contributed by atoms with Crippen molar-refractivity contribution in [2.45, 2.75) is 38.0 Å². The molecule has 1 fully saturated rings. The number of carbonyl (C=O) groups excluding carboxylic acids is 1. The number of carbonyl (C=O) groups is 1. The second-order valence-corrected chi connectivity index (χ2v) is 5.31. The number of nitrogens with zero attached hydrogens (tertiary/aromatic N) is 1. The fourth-order valence-corrected chi connectivity index (χ4v) is 3.14. The average Bonchev–Trinajstić information content (AvgIpc) is 2.47. The Hall–Kier alpha value is -1.22. The molecule has 1 saturated heterocycles. The van der Waals surface area contributed by atoms with E-state index in [1.54, 1.807) is 0 Å². The molecule has 1 aromatic heterocycles. The number of ether oxygens (including phenoxy) is 1. The Kier molecular flexibility index (Phi) is 3.41. The van der Waals surface area contributed by atoms with Gasteiger partial charge in [-0.1, -0.05) is 6.07 Å². The summed E-state index contributed by atoms with van der Waals surface area (Å²) in [6.07, 6.45) is 6.92. The van der Waals surface area contributed by atoms with Gasteiger partial charge in [-0.25, -0.2) is 0 Å². The molecule has 0 amide bonds. The molecule has 3 nitrogen and oxygen atoms in total. The van der Waals surface area contributed by atoms with Gasteiger partial charge in [0.25, 0.3) is 0 Å². The van der Waals surface area contributed by atoms with Crippen LogP contribution in [0.4, 0.5) is 0 Å². The average molecular weight is 245 g/mol. The van der Waals surface area contributed by atoms with Crippen molar-refractivity contribution < 1.29 is 9.53 Å². The van der Waals surface area contributed by atoms with Crippen LogP contribution in [-0.2, 0) is 16.0 Å². The number of hydrogen-bond donors (Lipinski definition) is 0. The summed E-state index contributed by atoms with van der Waals surface area (Å²) < 4.78 is 5.44. The van der Waals surface area contributed by atoms with Gasteiger partial charge in [-0.3, -0.25) is 9.78 Å². The molecule has 2 atom stereocenters. The molecule has 1 aromatic rings. The Labute approximate surface area is 108 Å². The van der Waals surface area contributed by atoms with Crippen molar-refractivity contribution in [3.8, 4) is 0 Å². The van der Waals surface area contributed by atoms with E-state index in [0.29, 0.717) is 12.4 Å². The molecule has 0 saturated carbocycles. The lowest BCUT2D eigenvalue weighted by Gasteiger charge is -2.28. The molecule has 3 rings (SSSR count). The monoisotopic (exact) mass is 245 g/mol. The zero-order valence-corrected chi connectivity index (χ0v) is 10.6. The second kappa shape index (κ2) is 5.19. The van der Waals surface area contributed by atoms with Gasteiger partial charge in [-0.05, 0) is 43.7 Å². The third-order valence-corrected chi connectivity index (χ3v) is 4.10. The van der Waals surface area contributed by atoms with Crippen LogP contribution >= 0.6 is 0 Å². The summed E-state index contributed by atoms with van der Waals surface area (Å²) in [5, 5.41) is 0. The molecule has 0 N–H and O–H groups in total. The number of ketones is 1. The van der Waals surface area contributed by atoms with Crippen LogP contribution in [-0.4, -0.2) is 24.0 Å². The van der Waals surface area contributed by atoms with Crippen LogP contribution in [0.15, 0.2) is 18.3 Å². The Morgan fingerprint density at radius 3 is 3.11 bits per heavy atom. The van der Waals surface area contributed by atoms with Gasteiger partial charge in [0, 0.05) is 18.7 Å². The zero-order chi connectivity index (χ0) is 12.4. The second-order valence-electron chi connectivity index (χ2n) is 5.31. The molecule has 0 bridgehead atoms. The van der Waals surface area contributed by atoms with Gasteiger partial charge in [0.2, 0.25) is 0 Å². The third kappa shape index (κ3) is 2.19. The van der Waals surface area contributed by atoms with E-state index in [1.165, 1.54) is 5.56 Å². The van der Waals surface area contributed by atoms with Crippen molar-refractivity contribution in [2.75, 3.05) is 13.2 Å². The van der Waals surface area contributed by atoms with E-state index < -0.39 is 0 Å². The van der Waals surface area contributed by atoms with E-state index in [0.717, 1.165) is 44.4 Å². The molecule has 2 heterocycles. The molecule has 2 aliphatic rings. The fourth-order valence-electron chi connectivity index (χ4n) is 3.14. The number of hydrogen-bond acceptors (Lipinski definition) is 3. The van der Waals surface area contributed by atoms with Gasteiger partial charge in [-0.2, -0.15) is 0 Å². The third-order valence-electron chi connectivity index (χ3n) is 4.10. The predicted octanol–water partition coefficient (Wildman–Crippen LogP) is 2.50. The van der Waals surface area contributed by atoms with E-state index in [-0.39, 0.29) is 11.8 Å². The normalized spacial score (nSPS) is 27.6. The minimum Gasteiger partial charge on any atom is -0.381 e. The highest BCUT2D eigenvalue weighted by molar-refractivity contribution is 5.88. The quantitative estimate of drug-likeness (QED) is 0.803. The molecule has 0 radical (unpaired) electrons. The summed E-state index contributed by atoms with van der Waals surface area (Å²) in [6, 6.07) is 4.08. The first-order chi connectivity index (χ1) is 8.86. The molecule has 2 unspecified atom stereocenters. The minimum atomic E-state index is 0.0154. The largest absolute Gasteiger partial charge is 0.381 e. The number of fused-ring (bicyclic) bond motifs is 1. The van der Waals surface area contributed by atoms with Crippen LogP contribution < -0.4 is 0 Å². The Balaban J connectivity index is 1.82. The Morgan fingerprint density at radius 1 is 1.33 bits per heavy atom. The van der Waals surface area contributed by atoms with Crippen molar-refractivity contribution in [1.29, 1.82) is 0 Å². The molecule has 0 spiro atoms. The number of rotatable bonds is 2. The Bertz CT molecular complexity index is 438. The van der Waals surface area contributed by atoms with Crippen LogP contribution in [0.3, 0.4) is 0 Å². The molecule has 96 valence electrons.